The fraction of sp³-hybridized carbons (Fsp3) is 0.263. The van der Waals surface area contributed by atoms with Crippen molar-refractivity contribution in [1.82, 2.24) is 9.29 Å². The number of rotatable bonds is 4. The van der Waals surface area contributed by atoms with Crippen molar-refractivity contribution in [3.05, 3.63) is 70.9 Å². The Bertz CT molecular complexity index is 936. The summed E-state index contributed by atoms with van der Waals surface area (Å²) in [5, 5.41) is 0.947. The molecule has 0 spiro atoms. The van der Waals surface area contributed by atoms with Crippen molar-refractivity contribution < 1.29 is 13.0 Å². The third-order valence-electron chi connectivity index (χ3n) is 4.67. The first-order chi connectivity index (χ1) is 12.1. The molecule has 1 N–H and O–H groups in total. The SMILES string of the molecule is O=S1CCCN1Cc1c(Cc2ccc(F)cc2)c(F)cc2[nH]ccc12. The summed E-state index contributed by atoms with van der Waals surface area (Å²) in [7, 11) is -1.01. The second-order valence-corrected chi connectivity index (χ2v) is 7.87. The number of aromatic nitrogens is 1. The van der Waals surface area contributed by atoms with Crippen molar-refractivity contribution >= 4 is 21.9 Å². The predicted molar refractivity (Wildman–Crippen MR) is 95.5 cm³/mol. The van der Waals surface area contributed by atoms with E-state index in [4.69, 9.17) is 0 Å². The van der Waals surface area contributed by atoms with Crippen LogP contribution in [0.15, 0.2) is 42.6 Å². The van der Waals surface area contributed by atoms with Crippen LogP contribution >= 0.6 is 0 Å². The molecule has 1 unspecified atom stereocenters. The molecule has 1 fully saturated rings. The van der Waals surface area contributed by atoms with Gasteiger partial charge in [-0.1, -0.05) is 12.1 Å². The minimum absolute atomic E-state index is 0.292. The van der Waals surface area contributed by atoms with E-state index in [1.54, 1.807) is 18.3 Å². The van der Waals surface area contributed by atoms with Crippen LogP contribution in [0, 0.1) is 11.6 Å². The maximum Gasteiger partial charge on any atom is 0.129 e. The Morgan fingerprint density at radius 1 is 1.12 bits per heavy atom. The number of nitrogens with one attached hydrogen (secondary N) is 1. The third kappa shape index (κ3) is 3.24. The summed E-state index contributed by atoms with van der Waals surface area (Å²) in [6.45, 7) is 1.21. The topological polar surface area (TPSA) is 36.1 Å². The molecule has 0 amide bonds. The number of nitrogens with zero attached hydrogens (tertiary/aromatic N) is 1. The first-order valence-corrected chi connectivity index (χ1v) is 9.54. The highest BCUT2D eigenvalue weighted by Crippen LogP contribution is 2.29. The summed E-state index contributed by atoms with van der Waals surface area (Å²) in [6.07, 6.45) is 3.06. The molecule has 1 aliphatic rings. The fourth-order valence-corrected chi connectivity index (χ4v) is 4.63. The van der Waals surface area contributed by atoms with Crippen molar-refractivity contribution in [2.75, 3.05) is 12.3 Å². The van der Waals surface area contributed by atoms with Gasteiger partial charge in [-0.2, -0.15) is 0 Å². The Balaban J connectivity index is 1.78. The summed E-state index contributed by atoms with van der Waals surface area (Å²) in [4.78, 5) is 3.05. The highest BCUT2D eigenvalue weighted by atomic mass is 32.2. The number of fused-ring (bicyclic) bond motifs is 1. The molecule has 3 nitrogen and oxygen atoms in total. The van der Waals surface area contributed by atoms with E-state index in [1.165, 1.54) is 18.2 Å². The smallest absolute Gasteiger partial charge is 0.129 e. The Kier molecular flexibility index (Phi) is 4.39. The molecule has 1 atom stereocenters. The minimum Gasteiger partial charge on any atom is -0.361 e. The Morgan fingerprint density at radius 3 is 2.64 bits per heavy atom. The molecule has 1 saturated heterocycles. The van der Waals surface area contributed by atoms with E-state index in [2.05, 4.69) is 4.98 Å². The molecule has 3 aromatic rings. The van der Waals surface area contributed by atoms with Gasteiger partial charge in [0.15, 0.2) is 0 Å². The van der Waals surface area contributed by atoms with Gasteiger partial charge in [0.2, 0.25) is 0 Å². The predicted octanol–water partition coefficient (Wildman–Crippen LogP) is 3.91. The van der Waals surface area contributed by atoms with Gasteiger partial charge in [-0.05, 0) is 47.4 Å². The summed E-state index contributed by atoms with van der Waals surface area (Å²) < 4.78 is 42.0. The molecule has 130 valence electrons. The van der Waals surface area contributed by atoms with E-state index in [-0.39, 0.29) is 11.6 Å². The summed E-state index contributed by atoms with van der Waals surface area (Å²) >= 11 is 0. The van der Waals surface area contributed by atoms with Crippen LogP contribution in [0.2, 0.25) is 0 Å². The first-order valence-electron chi connectivity index (χ1n) is 8.27. The average Bonchev–Trinajstić information content (AvgIpc) is 3.21. The van der Waals surface area contributed by atoms with Crippen LogP contribution in [0.25, 0.3) is 10.9 Å². The van der Waals surface area contributed by atoms with Crippen LogP contribution in [0.5, 0.6) is 0 Å². The van der Waals surface area contributed by atoms with Crippen LogP contribution < -0.4 is 0 Å². The Hall–Kier alpha value is -2.05. The number of hydrogen-bond donors (Lipinski definition) is 1. The van der Waals surface area contributed by atoms with Crippen molar-refractivity contribution in [1.29, 1.82) is 0 Å². The monoisotopic (exact) mass is 360 g/mol. The Morgan fingerprint density at radius 2 is 1.92 bits per heavy atom. The summed E-state index contributed by atoms with van der Waals surface area (Å²) in [6, 6.07) is 9.55. The zero-order valence-corrected chi connectivity index (χ0v) is 14.4. The van der Waals surface area contributed by atoms with E-state index in [9.17, 15) is 13.0 Å². The van der Waals surface area contributed by atoms with Crippen molar-refractivity contribution in [2.45, 2.75) is 19.4 Å². The molecule has 1 aliphatic heterocycles. The maximum atomic E-state index is 14.8. The van der Waals surface area contributed by atoms with E-state index in [0.29, 0.717) is 24.3 Å². The number of halogens is 2. The molecule has 2 aromatic carbocycles. The molecule has 1 aromatic heterocycles. The van der Waals surface area contributed by atoms with Crippen LogP contribution in [-0.2, 0) is 24.0 Å². The lowest BCUT2D eigenvalue weighted by molar-refractivity contribution is 0.468. The highest BCUT2D eigenvalue weighted by Gasteiger charge is 2.24. The molecule has 6 heteroatoms. The standard InChI is InChI=1S/C19H18F2N2OS/c20-14-4-2-13(3-5-14)10-16-17(12-23-8-1-9-25(23)24)15-6-7-22-19(15)11-18(16)21/h2-7,11,22H,1,8-10,12H2. The lowest BCUT2D eigenvalue weighted by Gasteiger charge is -2.18. The quantitative estimate of drug-likeness (QED) is 0.752. The lowest BCUT2D eigenvalue weighted by Crippen LogP contribution is -2.21. The maximum absolute atomic E-state index is 14.8. The zero-order chi connectivity index (χ0) is 17.4. The molecule has 0 aliphatic carbocycles. The van der Waals surface area contributed by atoms with Crippen LogP contribution in [0.3, 0.4) is 0 Å². The largest absolute Gasteiger partial charge is 0.361 e. The Labute approximate surface area is 147 Å². The van der Waals surface area contributed by atoms with Gasteiger partial charge >= 0.3 is 0 Å². The second kappa shape index (κ2) is 6.69. The van der Waals surface area contributed by atoms with E-state index in [1.807, 2.05) is 10.4 Å². The molecule has 2 heterocycles. The van der Waals surface area contributed by atoms with Gasteiger partial charge in [0, 0.05) is 42.4 Å². The second-order valence-electron chi connectivity index (χ2n) is 6.30. The average molecular weight is 360 g/mol. The normalized spacial score (nSPS) is 18.2. The van der Waals surface area contributed by atoms with Gasteiger partial charge in [-0.3, -0.25) is 0 Å². The highest BCUT2D eigenvalue weighted by molar-refractivity contribution is 7.82. The molecule has 0 saturated carbocycles. The molecule has 0 bridgehead atoms. The molecule has 25 heavy (non-hydrogen) atoms. The number of hydrogen-bond acceptors (Lipinski definition) is 1. The summed E-state index contributed by atoms with van der Waals surface area (Å²) in [5.41, 5.74) is 3.03. The zero-order valence-electron chi connectivity index (χ0n) is 13.6. The van der Waals surface area contributed by atoms with Crippen molar-refractivity contribution in [3.8, 4) is 0 Å². The van der Waals surface area contributed by atoms with Crippen LogP contribution in [-0.4, -0.2) is 25.8 Å². The van der Waals surface area contributed by atoms with Gasteiger partial charge in [0.1, 0.15) is 11.6 Å². The summed E-state index contributed by atoms with van der Waals surface area (Å²) in [5.74, 6) is 0.0658. The minimum atomic E-state index is -1.01. The van der Waals surface area contributed by atoms with E-state index in [0.717, 1.165) is 35.0 Å². The molecule has 4 rings (SSSR count). The fourth-order valence-electron chi connectivity index (χ4n) is 3.39. The van der Waals surface area contributed by atoms with E-state index < -0.39 is 11.0 Å². The number of benzene rings is 2. The molecular weight excluding hydrogens is 342 g/mol. The van der Waals surface area contributed by atoms with Gasteiger partial charge in [-0.25, -0.2) is 17.3 Å². The van der Waals surface area contributed by atoms with Gasteiger partial charge in [0.25, 0.3) is 0 Å². The van der Waals surface area contributed by atoms with Crippen LogP contribution in [0.1, 0.15) is 23.1 Å². The van der Waals surface area contributed by atoms with Crippen molar-refractivity contribution in [3.63, 3.8) is 0 Å². The third-order valence-corrected chi connectivity index (χ3v) is 6.20. The molecule has 0 radical (unpaired) electrons. The first kappa shape index (κ1) is 16.4. The van der Waals surface area contributed by atoms with Gasteiger partial charge in [0.05, 0.1) is 11.0 Å². The molecular formula is C19H18F2N2OS. The van der Waals surface area contributed by atoms with E-state index >= 15 is 0 Å². The van der Waals surface area contributed by atoms with Crippen LogP contribution in [0.4, 0.5) is 8.78 Å². The number of aromatic amines is 1. The van der Waals surface area contributed by atoms with Crippen molar-refractivity contribution in [2.24, 2.45) is 0 Å². The van der Waals surface area contributed by atoms with Gasteiger partial charge in [-0.15, -0.1) is 0 Å². The van der Waals surface area contributed by atoms with Gasteiger partial charge < -0.3 is 4.98 Å². The lowest BCUT2D eigenvalue weighted by atomic mass is 9.96. The number of H-pyrrole nitrogens is 1.